The molecular weight excluding hydrogens is 422 g/mol. The number of nitriles is 1. The number of hydrogen-bond acceptors (Lipinski definition) is 4. The van der Waals surface area contributed by atoms with E-state index < -0.39 is 11.2 Å². The topological polar surface area (TPSA) is 82.1 Å². The number of aliphatic hydroxyl groups is 2. The van der Waals surface area contributed by atoms with Crippen molar-refractivity contribution in [3.8, 4) is 6.07 Å². The van der Waals surface area contributed by atoms with Crippen LogP contribution < -0.4 is 0 Å². The molecular formula is C29H45N3O2. The molecule has 5 rings (SSSR count). The van der Waals surface area contributed by atoms with E-state index in [1.165, 1.54) is 44.9 Å². The Bertz CT molecular complexity index is 919. The summed E-state index contributed by atoms with van der Waals surface area (Å²) in [5.41, 5.74) is -0.520. The molecule has 1 aromatic heterocycles. The summed E-state index contributed by atoms with van der Waals surface area (Å²) in [6.07, 6.45) is 17.3. The predicted octanol–water partition coefficient (Wildman–Crippen LogP) is 5.70. The normalized spacial score (nSPS) is 43.6. The fourth-order valence-corrected chi connectivity index (χ4v) is 9.82. The van der Waals surface area contributed by atoms with Crippen LogP contribution in [0.1, 0.15) is 103 Å². The molecule has 1 heterocycles. The zero-order valence-electron chi connectivity index (χ0n) is 21.5. The van der Waals surface area contributed by atoms with Crippen LogP contribution in [0.25, 0.3) is 0 Å². The molecule has 0 aliphatic heterocycles. The second kappa shape index (κ2) is 8.93. The van der Waals surface area contributed by atoms with Crippen molar-refractivity contribution in [3.63, 3.8) is 0 Å². The minimum Gasteiger partial charge on any atom is -0.390 e. The van der Waals surface area contributed by atoms with Gasteiger partial charge in [-0.3, -0.25) is 4.68 Å². The lowest BCUT2D eigenvalue weighted by Gasteiger charge is -2.62. The van der Waals surface area contributed by atoms with Gasteiger partial charge in [0.15, 0.2) is 0 Å². The molecule has 2 N–H and O–H groups in total. The first-order valence-corrected chi connectivity index (χ1v) is 14.1. The quantitative estimate of drug-likeness (QED) is 0.582. The van der Waals surface area contributed by atoms with Crippen LogP contribution >= 0.6 is 0 Å². The van der Waals surface area contributed by atoms with Crippen molar-refractivity contribution in [1.29, 1.82) is 5.26 Å². The van der Waals surface area contributed by atoms with Gasteiger partial charge in [0.2, 0.25) is 0 Å². The summed E-state index contributed by atoms with van der Waals surface area (Å²) < 4.78 is 1.77. The Balaban J connectivity index is 1.33. The van der Waals surface area contributed by atoms with E-state index in [2.05, 4.69) is 25.0 Å². The van der Waals surface area contributed by atoms with Crippen molar-refractivity contribution < 1.29 is 10.2 Å². The van der Waals surface area contributed by atoms with E-state index in [-0.39, 0.29) is 11.3 Å². The molecule has 0 saturated heterocycles. The summed E-state index contributed by atoms with van der Waals surface area (Å²) in [5, 5.41) is 36.4. The molecule has 0 aromatic carbocycles. The Morgan fingerprint density at radius 1 is 1.15 bits per heavy atom. The highest BCUT2D eigenvalue weighted by Gasteiger charge is 2.59. The zero-order chi connectivity index (χ0) is 24.1. The molecule has 5 heteroatoms. The average Bonchev–Trinajstić information content (AvgIpc) is 3.24. The zero-order valence-corrected chi connectivity index (χ0v) is 21.5. The number of aromatic nitrogens is 2. The van der Waals surface area contributed by atoms with Crippen LogP contribution in [0.4, 0.5) is 0 Å². The minimum absolute atomic E-state index is 0.165. The number of nitrogens with zero attached hydrogens (tertiary/aromatic N) is 3. The van der Waals surface area contributed by atoms with E-state index in [1.807, 2.05) is 6.92 Å². The summed E-state index contributed by atoms with van der Waals surface area (Å²) in [5.74, 6) is 4.07. The van der Waals surface area contributed by atoms with E-state index in [9.17, 15) is 10.2 Å². The molecule has 0 amide bonds. The van der Waals surface area contributed by atoms with Gasteiger partial charge in [-0.1, -0.05) is 26.7 Å². The van der Waals surface area contributed by atoms with Gasteiger partial charge in [-0.25, -0.2) is 0 Å². The van der Waals surface area contributed by atoms with Crippen LogP contribution in [0.5, 0.6) is 0 Å². The van der Waals surface area contributed by atoms with Crippen molar-refractivity contribution in [2.75, 3.05) is 0 Å². The fraction of sp³-hybridized carbons (Fsp3) is 0.862. The molecule has 0 unspecified atom stereocenters. The molecule has 5 nitrogen and oxygen atoms in total. The van der Waals surface area contributed by atoms with Crippen LogP contribution in [0.2, 0.25) is 0 Å². The number of fused-ring (bicyclic) bond motifs is 5. The maximum Gasteiger partial charge on any atom is 0.102 e. The molecule has 0 spiro atoms. The average molecular weight is 468 g/mol. The Morgan fingerprint density at radius 3 is 2.68 bits per heavy atom. The van der Waals surface area contributed by atoms with E-state index in [4.69, 9.17) is 5.26 Å². The molecule has 188 valence electrons. The van der Waals surface area contributed by atoms with E-state index in [0.29, 0.717) is 23.9 Å². The van der Waals surface area contributed by atoms with Gasteiger partial charge < -0.3 is 10.2 Å². The lowest BCUT2D eigenvalue weighted by molar-refractivity contribution is -0.171. The van der Waals surface area contributed by atoms with Crippen molar-refractivity contribution in [2.45, 2.75) is 116 Å². The van der Waals surface area contributed by atoms with Crippen LogP contribution in [0.15, 0.2) is 12.4 Å². The highest BCUT2D eigenvalue weighted by molar-refractivity contribution is 5.21. The molecule has 34 heavy (non-hydrogen) atoms. The van der Waals surface area contributed by atoms with Gasteiger partial charge in [-0.15, -0.1) is 0 Å². The lowest BCUT2D eigenvalue weighted by Crippen LogP contribution is -2.58. The first-order chi connectivity index (χ1) is 16.2. The maximum absolute atomic E-state index is 11.8. The molecule has 0 radical (unpaired) electrons. The third-order valence-electron chi connectivity index (χ3n) is 11.1. The summed E-state index contributed by atoms with van der Waals surface area (Å²) in [4.78, 5) is 0. The van der Waals surface area contributed by atoms with Crippen LogP contribution in [0, 0.1) is 52.3 Å². The highest BCUT2D eigenvalue weighted by Crippen LogP contribution is 2.64. The van der Waals surface area contributed by atoms with Gasteiger partial charge >= 0.3 is 0 Å². The molecule has 4 aliphatic rings. The highest BCUT2D eigenvalue weighted by atomic mass is 16.3. The van der Waals surface area contributed by atoms with Gasteiger partial charge in [0.05, 0.1) is 29.5 Å². The van der Waals surface area contributed by atoms with Crippen LogP contribution in [-0.4, -0.2) is 31.2 Å². The van der Waals surface area contributed by atoms with Gasteiger partial charge in [0, 0.05) is 6.20 Å². The first kappa shape index (κ1) is 24.3. The van der Waals surface area contributed by atoms with Gasteiger partial charge in [-0.05, 0) is 112 Å². The summed E-state index contributed by atoms with van der Waals surface area (Å²) in [7, 11) is 0. The second-order valence-corrected chi connectivity index (χ2v) is 13.1. The van der Waals surface area contributed by atoms with Crippen LogP contribution in [-0.2, 0) is 6.54 Å². The third-order valence-corrected chi connectivity index (χ3v) is 11.1. The Kier molecular flexibility index (Phi) is 6.39. The lowest BCUT2D eigenvalue weighted by atomic mass is 9.43. The Morgan fingerprint density at radius 2 is 1.94 bits per heavy atom. The SMILES string of the molecule is CCC[C@@]1(O)CC[C@H]2[C@H](CC[C@@H]3[C@@H]2CC[C@@]2(C)[C@H]3CCC[C@@H]2[C@@](C)(O)Cn2cc(C#N)cn2)C1. The van der Waals surface area contributed by atoms with Crippen LogP contribution in [0.3, 0.4) is 0 Å². The molecule has 4 saturated carbocycles. The molecule has 4 aliphatic carbocycles. The largest absolute Gasteiger partial charge is 0.390 e. The summed E-state index contributed by atoms with van der Waals surface area (Å²) in [6.45, 7) is 7.16. The van der Waals surface area contributed by atoms with Gasteiger partial charge in [0.25, 0.3) is 0 Å². The summed E-state index contributed by atoms with van der Waals surface area (Å²) in [6, 6.07) is 2.15. The second-order valence-electron chi connectivity index (χ2n) is 13.1. The van der Waals surface area contributed by atoms with Crippen molar-refractivity contribution in [3.05, 3.63) is 18.0 Å². The van der Waals surface area contributed by atoms with Crippen molar-refractivity contribution in [2.24, 2.45) is 40.9 Å². The Labute approximate surface area is 205 Å². The smallest absolute Gasteiger partial charge is 0.102 e. The maximum atomic E-state index is 11.8. The monoisotopic (exact) mass is 467 g/mol. The minimum atomic E-state index is -0.836. The van der Waals surface area contributed by atoms with E-state index in [1.54, 1.807) is 17.1 Å². The van der Waals surface area contributed by atoms with Gasteiger partial charge in [-0.2, -0.15) is 10.4 Å². The van der Waals surface area contributed by atoms with Gasteiger partial charge in [0.1, 0.15) is 6.07 Å². The number of rotatable bonds is 5. The standard InChI is InChI=1S/C29H45N3O2/c1-4-12-29(34)14-11-22-21(15-29)8-9-24-23(22)10-13-27(2)25(24)6-5-7-26(27)28(3,33)19-32-18-20(16-30)17-31-32/h17-18,21-26,33-34H,4-15,19H2,1-3H3/t21-,22+,23-,24-,25+,26+,27+,28+,29-/m1/s1. The molecule has 0 bridgehead atoms. The van der Waals surface area contributed by atoms with E-state index >= 15 is 0 Å². The van der Waals surface area contributed by atoms with Crippen molar-refractivity contribution >= 4 is 0 Å². The predicted molar refractivity (Wildman–Crippen MR) is 133 cm³/mol. The molecule has 1 aromatic rings. The molecule has 9 atom stereocenters. The van der Waals surface area contributed by atoms with Crippen molar-refractivity contribution in [1.82, 2.24) is 9.78 Å². The third kappa shape index (κ3) is 4.13. The summed E-state index contributed by atoms with van der Waals surface area (Å²) >= 11 is 0. The Hall–Kier alpha value is -1.38. The molecule has 4 fully saturated rings. The first-order valence-electron chi connectivity index (χ1n) is 14.1. The van der Waals surface area contributed by atoms with E-state index in [0.717, 1.165) is 49.9 Å². The number of hydrogen-bond donors (Lipinski definition) is 2. The fourth-order valence-electron chi connectivity index (χ4n) is 9.82.